The normalized spacial score (nSPS) is 8.29. The molecule has 0 aliphatic rings. The van der Waals surface area contributed by atoms with Gasteiger partial charge in [-0.05, 0) is 72.1 Å². The number of rotatable bonds is 3. The van der Waals surface area contributed by atoms with Crippen LogP contribution < -0.4 is 43.0 Å². The summed E-state index contributed by atoms with van der Waals surface area (Å²) in [7, 11) is 0. The molecule has 326 valence electrons. The van der Waals surface area contributed by atoms with Crippen LogP contribution in [0.4, 0.5) is 0 Å². The van der Waals surface area contributed by atoms with Crippen molar-refractivity contribution in [2.45, 2.75) is 55.4 Å². The fourth-order valence-corrected chi connectivity index (χ4v) is 3.66. The third-order valence-corrected chi connectivity index (χ3v) is 5.63. The minimum absolute atomic E-state index is 0. The molecule has 59 heavy (non-hydrogen) atoms. The molecule has 5 N–H and O–H groups in total. The van der Waals surface area contributed by atoms with Gasteiger partial charge in [0.2, 0.25) is 0 Å². The van der Waals surface area contributed by atoms with Crippen LogP contribution in [0, 0.1) is 20.8 Å². The van der Waals surface area contributed by atoms with Gasteiger partial charge in [-0.15, -0.1) is 22.9 Å². The summed E-state index contributed by atoms with van der Waals surface area (Å²) in [6.07, 6.45) is 4.74. The average Bonchev–Trinajstić information content (AvgIpc) is 3.96. The van der Waals surface area contributed by atoms with Gasteiger partial charge in [-0.3, -0.25) is 0 Å². The number of halogens is 1. The van der Waals surface area contributed by atoms with Gasteiger partial charge < -0.3 is 89.3 Å². The summed E-state index contributed by atoms with van der Waals surface area (Å²) in [4.78, 5) is 0. The molecule has 19 heteroatoms. The second kappa shape index (κ2) is 45.4. The predicted molar refractivity (Wildman–Crippen MR) is 206 cm³/mol. The molecule has 0 bridgehead atoms. The Kier molecular flexibility index (Phi) is 53.8. The number of hydrogen-bond donors (Lipinski definition) is 5. The molecule has 6 aromatic rings. The molecule has 3 heterocycles. The summed E-state index contributed by atoms with van der Waals surface area (Å²) < 4.78 is 0. The van der Waals surface area contributed by atoms with Gasteiger partial charge in [0.05, 0.1) is 0 Å². The van der Waals surface area contributed by atoms with Crippen LogP contribution in [0.5, 0.6) is 17.2 Å². The first-order chi connectivity index (χ1) is 25.9. The second-order valence-electron chi connectivity index (χ2n) is 10.3. The molecule has 0 saturated heterocycles. The van der Waals surface area contributed by atoms with E-state index in [2.05, 4.69) is 30.6 Å². The first-order valence-corrected chi connectivity index (χ1v) is 17.1. The van der Waals surface area contributed by atoms with Crippen LogP contribution in [0.3, 0.4) is 0 Å². The largest absolute Gasteiger partial charge is 3.00 e. The zero-order chi connectivity index (χ0) is 41.3. The molecule has 0 unspecified atom stereocenters. The topological polar surface area (TPSA) is 280 Å². The molecule has 3 aromatic carbocycles. The van der Waals surface area contributed by atoms with E-state index in [9.17, 15) is 15.3 Å². The maximum Gasteiger partial charge on any atom is 3.00 e. The van der Waals surface area contributed by atoms with Crippen molar-refractivity contribution < 1.29 is 110 Å². The Hall–Kier alpha value is -3.70. The van der Waals surface area contributed by atoms with Crippen LogP contribution in [-0.2, 0) is 56.7 Å². The third kappa shape index (κ3) is 31.8. The number of nitrogens with zero attached hydrogens (tertiary/aromatic N) is 6. The smallest absolute Gasteiger partial charge is 2.00 e. The SMILES string of the molecule is CCO.CCO.CCO.CCO.CCO.Cc1ccc([O-])c(-c2cc[n-]n2)c1.Cc1ccc([O-])c(-c2ccn[n-]2)c1.Cc1ccc([O-])c(-c2ccn[n-]2)c1.[Cl-].[Mn+3].[Mn+3].[Mn+3].[O-2]. The molecule has 0 radical (unpaired) electrons. The molecular weight excluding hydrogens is 909 g/mol. The van der Waals surface area contributed by atoms with Gasteiger partial charge in [-0.1, -0.05) is 95.2 Å². The van der Waals surface area contributed by atoms with Crippen molar-refractivity contribution in [2.24, 2.45) is 0 Å². The van der Waals surface area contributed by atoms with Gasteiger partial charge in [0.1, 0.15) is 0 Å². The van der Waals surface area contributed by atoms with Gasteiger partial charge in [0.15, 0.2) is 0 Å². The van der Waals surface area contributed by atoms with Gasteiger partial charge >= 0.3 is 51.2 Å². The van der Waals surface area contributed by atoms with Crippen LogP contribution in [0.25, 0.3) is 33.8 Å². The fourth-order valence-electron chi connectivity index (χ4n) is 3.66. The number of hydrogen-bond acceptors (Lipinski definition) is 11. The number of aromatic nitrogens is 6. The zero-order valence-corrected chi connectivity index (χ0v) is 38.6. The summed E-state index contributed by atoms with van der Waals surface area (Å²) in [6, 6.07) is 20.7. The summed E-state index contributed by atoms with van der Waals surface area (Å²) in [6.45, 7) is 15.5. The van der Waals surface area contributed by atoms with Crippen LogP contribution in [-0.4, -0.2) is 73.9 Å². The maximum absolute atomic E-state index is 11.4. The van der Waals surface area contributed by atoms with Crippen molar-refractivity contribution in [2.75, 3.05) is 33.0 Å². The Morgan fingerprint density at radius 2 is 0.780 bits per heavy atom. The van der Waals surface area contributed by atoms with Gasteiger partial charge in [-0.2, -0.15) is 6.20 Å². The minimum Gasteiger partial charge on any atom is -2.00 e. The van der Waals surface area contributed by atoms with Crippen LogP contribution in [0.1, 0.15) is 51.3 Å². The molecule has 0 aliphatic carbocycles. The Morgan fingerprint density at radius 1 is 0.492 bits per heavy atom. The third-order valence-electron chi connectivity index (χ3n) is 5.63. The summed E-state index contributed by atoms with van der Waals surface area (Å²) >= 11 is 0. The predicted octanol–water partition coefficient (Wildman–Crippen LogP) is 0.134. The Labute approximate surface area is 385 Å². The molecule has 0 saturated carbocycles. The van der Waals surface area contributed by atoms with E-state index in [0.29, 0.717) is 33.8 Å². The van der Waals surface area contributed by atoms with E-state index in [4.69, 9.17) is 25.5 Å². The number of aliphatic hydroxyl groups excluding tert-OH is 5. The molecular formula is C40H54ClMn3N6O9. The number of aliphatic hydroxyl groups is 5. The molecule has 0 aliphatic heterocycles. The molecule has 3 aromatic heterocycles. The van der Waals surface area contributed by atoms with E-state index in [1.54, 1.807) is 108 Å². The molecule has 0 fully saturated rings. The monoisotopic (exact) mass is 962 g/mol. The molecule has 6 rings (SSSR count). The Balaban J connectivity index is -0.000000114. The van der Waals surface area contributed by atoms with E-state index < -0.39 is 0 Å². The van der Waals surface area contributed by atoms with Gasteiger partial charge in [-0.25, -0.2) is 0 Å². The van der Waals surface area contributed by atoms with E-state index >= 15 is 0 Å². The summed E-state index contributed by atoms with van der Waals surface area (Å²) in [5, 5.41) is 94.6. The van der Waals surface area contributed by atoms with Crippen molar-refractivity contribution in [1.29, 1.82) is 0 Å². The van der Waals surface area contributed by atoms with Crippen LogP contribution in [0.2, 0.25) is 0 Å². The fraction of sp³-hybridized carbons (Fsp3) is 0.325. The van der Waals surface area contributed by atoms with Gasteiger partial charge in [0.25, 0.3) is 0 Å². The van der Waals surface area contributed by atoms with Crippen molar-refractivity contribution in [3.8, 4) is 51.0 Å². The Morgan fingerprint density at radius 3 is 1.03 bits per heavy atom. The first kappa shape index (κ1) is 69.9. The van der Waals surface area contributed by atoms with E-state index in [1.807, 2.05) is 39.0 Å². The molecule has 0 spiro atoms. The van der Waals surface area contributed by atoms with Crippen LogP contribution in [0.15, 0.2) is 91.4 Å². The van der Waals surface area contributed by atoms with Crippen molar-refractivity contribution in [1.82, 2.24) is 30.6 Å². The summed E-state index contributed by atoms with van der Waals surface area (Å²) in [5.41, 5.74) is 6.97. The summed E-state index contributed by atoms with van der Waals surface area (Å²) in [5.74, 6) is -0.0247. The maximum atomic E-state index is 11.4. The first-order valence-electron chi connectivity index (χ1n) is 17.1. The van der Waals surface area contributed by atoms with E-state index in [0.717, 1.165) is 16.7 Å². The standard InChI is InChI=1S/3C10H9N2O.5C2H6O.ClH.3Mn.O/c3*1-7-2-3-10(13)8(6-7)9-4-5-11-12-9;5*1-2-3;;;;;/h3*2-6H,1H3,(H-,11,12,13);5*3H,2H2,1H3;1H;;;;/q3*-1;;;;;;;3*+3;-2/p-4. The average molecular weight is 963 g/mol. The molecule has 0 amide bonds. The Bertz CT molecular complexity index is 1530. The number of benzene rings is 3. The van der Waals surface area contributed by atoms with Crippen molar-refractivity contribution >= 4 is 0 Å². The number of aryl methyl sites for hydroxylation is 3. The quantitative estimate of drug-likeness (QED) is 0.148. The molecule has 0 atom stereocenters. The zero-order valence-electron chi connectivity index (χ0n) is 34.3. The van der Waals surface area contributed by atoms with Crippen molar-refractivity contribution in [3.63, 3.8) is 0 Å². The van der Waals surface area contributed by atoms with E-state index in [-0.39, 0.29) is 119 Å². The van der Waals surface area contributed by atoms with Crippen molar-refractivity contribution in [3.05, 3.63) is 108 Å². The minimum atomic E-state index is -0.00824. The second-order valence-corrected chi connectivity index (χ2v) is 10.3. The molecule has 15 nitrogen and oxygen atoms in total. The van der Waals surface area contributed by atoms with Crippen LogP contribution >= 0.6 is 0 Å². The van der Waals surface area contributed by atoms with Gasteiger partial charge in [0, 0.05) is 51.1 Å². The van der Waals surface area contributed by atoms with E-state index in [1.165, 1.54) is 0 Å².